The Kier molecular flexibility index (Phi) is 24.7. The number of ketones is 2. The molecule has 21 aromatic rings. The largest absolute Gasteiger partial charge is 0.376 e. The fourth-order valence-corrected chi connectivity index (χ4v) is 19.9. The normalized spacial score (nSPS) is 13.9. The van der Waals surface area contributed by atoms with E-state index in [2.05, 4.69) is 371 Å². The van der Waals surface area contributed by atoms with Crippen molar-refractivity contribution < 1.29 is 19.8 Å². The minimum atomic E-state index is -1.47. The molecule has 0 bridgehead atoms. The lowest BCUT2D eigenvalue weighted by molar-refractivity contribution is 0.0747. The van der Waals surface area contributed by atoms with Gasteiger partial charge in [-0.25, -0.2) is 0 Å². The molecule has 0 heterocycles. The van der Waals surface area contributed by atoms with Crippen LogP contribution in [0.4, 0.5) is 0 Å². The maximum absolute atomic E-state index is 12.8. The van der Waals surface area contributed by atoms with Crippen LogP contribution < -0.4 is 0 Å². The van der Waals surface area contributed by atoms with Gasteiger partial charge in [0.1, 0.15) is 11.2 Å². The molecule has 21 aromatic carbocycles. The van der Waals surface area contributed by atoms with Crippen molar-refractivity contribution in [1.82, 2.24) is 0 Å². The van der Waals surface area contributed by atoms with Gasteiger partial charge in [-0.1, -0.05) is 480 Å². The van der Waals surface area contributed by atoms with Crippen molar-refractivity contribution in [3.63, 3.8) is 0 Å². The van der Waals surface area contributed by atoms with E-state index in [9.17, 15) is 19.8 Å². The van der Waals surface area contributed by atoms with Crippen molar-refractivity contribution in [2.45, 2.75) is 11.2 Å². The molecule has 4 nitrogen and oxygen atoms in total. The lowest BCUT2D eigenvalue weighted by atomic mass is 9.63. The van der Waals surface area contributed by atoms with Crippen molar-refractivity contribution in [2.75, 3.05) is 0 Å². The Morgan fingerprint density at radius 1 is 0.163 bits per heavy atom. The summed E-state index contributed by atoms with van der Waals surface area (Å²) in [5.41, 5.74) is 19.9. The van der Waals surface area contributed by atoms with Crippen molar-refractivity contribution >= 4 is 145 Å². The van der Waals surface area contributed by atoms with E-state index in [1.807, 2.05) is 133 Å². The maximum Gasteiger partial charge on any atom is 0.194 e. The van der Waals surface area contributed by atoms with E-state index < -0.39 is 11.2 Å². The first-order valence-corrected chi connectivity index (χ1v) is 46.5. The number of fused-ring (bicyclic) bond motifs is 12. The van der Waals surface area contributed by atoms with Gasteiger partial charge in [0.25, 0.3) is 0 Å². The third-order valence-electron chi connectivity index (χ3n) is 24.4. The number of halogens is 5. The highest BCUT2D eigenvalue weighted by Gasteiger charge is 2.51. The summed E-state index contributed by atoms with van der Waals surface area (Å²) in [4.78, 5) is 24.4. The molecule has 0 fully saturated rings. The molecule has 0 spiro atoms. The van der Waals surface area contributed by atoms with Crippen LogP contribution in [0.25, 0.3) is 132 Å². The summed E-state index contributed by atoms with van der Waals surface area (Å²) >= 11 is 17.7. The van der Waals surface area contributed by atoms with Crippen molar-refractivity contribution in [3.8, 4) is 77.9 Å². The molecule has 2 aliphatic carbocycles. The molecule has 0 aliphatic heterocycles. The number of carbonyl (C=O) groups is 2. The van der Waals surface area contributed by atoms with Gasteiger partial charge in [-0.2, -0.15) is 0 Å². The number of hydrogen-bond acceptors (Lipinski definition) is 4. The van der Waals surface area contributed by atoms with Gasteiger partial charge in [0.05, 0.1) is 0 Å². The molecule has 2 N–H and O–H groups in total. The van der Waals surface area contributed by atoms with Crippen LogP contribution in [0.5, 0.6) is 0 Å². The summed E-state index contributed by atoms with van der Waals surface area (Å²) in [6, 6.07) is 159. The standard InChI is InChI=1S/C38H27BrO2.C38H25Br.C18H11Br.C14H7BrO2.C12H9Br/c39-32-23-24-35-36(25-32)38(41,31-21-17-29(18-22-31)27-11-5-2-6-12-27)34-14-8-7-13-33(34)37(35,40)30-19-15-28(16-20-30)26-9-3-1-4-10-26;39-32-23-24-35-36(25-32)38(31-21-17-29(18-22-31)27-11-5-2-6-12-27)34-14-8-7-13-33(34)37(35)30-19-15-28(16-20-30)26-9-3-1-4-10-26;19-12-9-10-17-15-7-2-1-5-13(15)14-6-3-4-8-16(14)18(17)11-12;15-8-5-6-11-12(7-8)14(17)10-4-2-1-3-9(10)13(11)16;13-12-8-6-11(7-9-12)10-4-2-1-3-5-10/h1-25,40-41H;1-25H;1-11H;1-7H;1-9H. The van der Waals surface area contributed by atoms with Gasteiger partial charge in [-0.3, -0.25) is 9.59 Å². The Morgan fingerprint density at radius 3 is 0.822 bits per heavy atom. The molecule has 0 radical (unpaired) electrons. The minimum absolute atomic E-state index is 0.0808. The van der Waals surface area contributed by atoms with E-state index in [0.29, 0.717) is 44.5 Å². The third-order valence-corrected chi connectivity index (χ3v) is 26.9. The summed E-state index contributed by atoms with van der Waals surface area (Å²) in [6.45, 7) is 0. The Morgan fingerprint density at radius 2 is 0.403 bits per heavy atom. The van der Waals surface area contributed by atoms with Crippen LogP contribution in [0.2, 0.25) is 0 Å². The molecule has 618 valence electrons. The lowest BCUT2D eigenvalue weighted by Crippen LogP contribution is -2.44. The Labute approximate surface area is 791 Å². The van der Waals surface area contributed by atoms with Crippen LogP contribution in [0.3, 0.4) is 0 Å². The summed E-state index contributed by atoms with van der Waals surface area (Å²) < 4.78 is 4.96. The highest BCUT2D eigenvalue weighted by atomic mass is 79.9. The van der Waals surface area contributed by atoms with Gasteiger partial charge in [0.2, 0.25) is 0 Å². The average Bonchev–Trinajstić information content (AvgIpc) is 0.690. The van der Waals surface area contributed by atoms with E-state index in [0.717, 1.165) is 55.7 Å². The van der Waals surface area contributed by atoms with Gasteiger partial charge in [-0.15, -0.1) is 0 Å². The van der Waals surface area contributed by atoms with Gasteiger partial charge >= 0.3 is 0 Å². The molecule has 0 saturated heterocycles. The predicted octanol–water partition coefficient (Wildman–Crippen LogP) is 33.3. The number of aliphatic hydroxyl groups is 2. The second-order valence-electron chi connectivity index (χ2n) is 32.0. The van der Waals surface area contributed by atoms with Crippen molar-refractivity contribution in [3.05, 3.63) is 545 Å². The molecule has 2 aliphatic rings. The molecule has 0 saturated carbocycles. The van der Waals surface area contributed by atoms with E-state index in [1.165, 1.54) is 109 Å². The van der Waals surface area contributed by atoms with Gasteiger partial charge in [0, 0.05) is 50.2 Å². The van der Waals surface area contributed by atoms with Gasteiger partial charge < -0.3 is 10.2 Å². The fraction of sp³-hybridized carbons (Fsp3) is 0.0167. The first-order valence-electron chi connectivity index (χ1n) is 42.5. The number of benzene rings is 21. The summed E-state index contributed by atoms with van der Waals surface area (Å²) in [7, 11) is 0. The Balaban J connectivity index is 0.000000112. The molecule has 23 rings (SSSR count). The van der Waals surface area contributed by atoms with Crippen molar-refractivity contribution in [2.24, 2.45) is 0 Å². The highest BCUT2D eigenvalue weighted by molar-refractivity contribution is 9.11. The second-order valence-corrected chi connectivity index (χ2v) is 36.5. The average molecular weight is 1980 g/mol. The highest BCUT2D eigenvalue weighted by Crippen LogP contribution is 2.55. The monoisotopic (exact) mass is 1980 g/mol. The molecule has 9 heteroatoms. The summed E-state index contributed by atoms with van der Waals surface area (Å²) in [5.74, 6) is -0.167. The molecular weight excluding hydrogens is 1900 g/mol. The number of carbonyl (C=O) groups excluding carboxylic acids is 2. The van der Waals surface area contributed by atoms with Crippen LogP contribution in [0, 0.1) is 0 Å². The fourth-order valence-electron chi connectivity index (χ4n) is 18.1. The van der Waals surface area contributed by atoms with Crippen LogP contribution in [0.15, 0.2) is 489 Å². The zero-order chi connectivity index (χ0) is 88.1. The number of rotatable bonds is 9. The maximum atomic E-state index is 12.8. The van der Waals surface area contributed by atoms with E-state index >= 15 is 0 Å². The molecule has 0 aromatic heterocycles. The molecule has 0 amide bonds. The molecule has 2 unspecified atom stereocenters. The third kappa shape index (κ3) is 17.1. The van der Waals surface area contributed by atoms with Gasteiger partial charge in [-0.05, 0) is 226 Å². The molecular formula is C120H79Br5O4. The SMILES string of the molecule is Brc1ccc(-c2ccccc2)cc1.Brc1ccc2c(-c3ccc(-c4ccccc4)cc3)c3ccccc3c(-c3ccc(-c4ccccc4)cc3)c2c1.Brc1ccc2c3ccccc3c3ccccc3c2c1.O=C1c2ccccc2C(=O)c2cc(Br)ccc21.OC1(c2ccc(-c3ccccc3)cc2)c2ccccc2C(O)(c2ccc(-c3ccccc3)cc2)c2cc(Br)ccc21. The topological polar surface area (TPSA) is 74.6 Å². The lowest BCUT2D eigenvalue weighted by Gasteiger charge is -2.45. The molecule has 2 atom stereocenters. The van der Waals surface area contributed by atoms with Gasteiger partial charge in [0.15, 0.2) is 11.6 Å². The first kappa shape index (κ1) is 85.0. The zero-order valence-electron chi connectivity index (χ0n) is 69.6. The van der Waals surface area contributed by atoms with Crippen LogP contribution in [0.1, 0.15) is 65.2 Å². The van der Waals surface area contributed by atoms with Crippen molar-refractivity contribution in [1.29, 1.82) is 0 Å². The first-order chi connectivity index (χ1) is 63.1. The Bertz CT molecular complexity index is 7700. The quantitative estimate of drug-likeness (QED) is 0.112. The molecule has 129 heavy (non-hydrogen) atoms. The Hall–Kier alpha value is -13.4. The minimum Gasteiger partial charge on any atom is -0.376 e. The van der Waals surface area contributed by atoms with E-state index in [-0.39, 0.29) is 11.6 Å². The van der Waals surface area contributed by atoms with Crippen LogP contribution in [-0.2, 0) is 11.2 Å². The van der Waals surface area contributed by atoms with Crippen LogP contribution >= 0.6 is 79.6 Å². The van der Waals surface area contributed by atoms with E-state index in [4.69, 9.17) is 0 Å². The number of hydrogen-bond donors (Lipinski definition) is 2. The van der Waals surface area contributed by atoms with E-state index in [1.54, 1.807) is 42.5 Å². The summed E-state index contributed by atoms with van der Waals surface area (Å²) in [5, 5.41) is 38.5. The summed E-state index contributed by atoms with van der Waals surface area (Å²) in [6.07, 6.45) is 0. The van der Waals surface area contributed by atoms with Crippen LogP contribution in [-0.4, -0.2) is 21.8 Å². The second kappa shape index (κ2) is 37.5. The predicted molar refractivity (Wildman–Crippen MR) is 553 cm³/mol. The zero-order valence-corrected chi connectivity index (χ0v) is 77.5. The smallest absolute Gasteiger partial charge is 0.194 e.